The van der Waals surface area contributed by atoms with Gasteiger partial charge in [0.1, 0.15) is 101 Å². The lowest BCUT2D eigenvalue weighted by Crippen LogP contribution is -2.66. The number of amides is 10. The summed E-state index contributed by atoms with van der Waals surface area (Å²) in [5.74, 6) is -15.6. The number of nitrogens with two attached hydrogens (primary N) is 1. The molecule has 0 aromatic heterocycles. The molecule has 11 bridgehead atoms. The van der Waals surface area contributed by atoms with Crippen LogP contribution in [0.5, 0.6) is 51.7 Å². The van der Waals surface area contributed by atoms with Crippen molar-refractivity contribution in [2.75, 3.05) is 72.3 Å². The number of benzene rings is 6. The molecule has 8 aliphatic rings. The predicted octanol–water partition coefficient (Wildman–Crippen LogP) is 1.50. The van der Waals surface area contributed by atoms with Gasteiger partial charge in [-0.25, -0.2) is 14.8 Å². The number of piperazine rings is 1. The Morgan fingerprint density at radius 2 is 1.34 bits per heavy atom. The topological polar surface area (TPSA) is 568 Å². The minimum Gasteiger partial charge on any atom is -0.508 e. The highest BCUT2D eigenvalue weighted by Crippen LogP contribution is 2.50. The largest absolute Gasteiger partial charge is 0.573 e. The zero-order valence-corrected chi connectivity index (χ0v) is 70.7. The minimum absolute atomic E-state index is 0.122. The number of halogens is 5. The summed E-state index contributed by atoms with van der Waals surface area (Å²) >= 11 is 14.4. The van der Waals surface area contributed by atoms with Crippen LogP contribution in [0.1, 0.15) is 105 Å². The van der Waals surface area contributed by atoms with Crippen molar-refractivity contribution in [3.05, 3.63) is 141 Å². The van der Waals surface area contributed by atoms with Crippen molar-refractivity contribution in [2.24, 2.45) is 11.7 Å². The number of primary amides is 1. The third kappa shape index (κ3) is 22.5. The number of fused-ring (bicyclic) bond motifs is 15. The number of alkyl halides is 3. The molecule has 6 aromatic carbocycles. The SMILES string of the molecule is CN[C@H](CC(C)C)C(=O)N[C@H]1C(=O)N[C@@H](CC(N)=O)C(=O)N[C@H]2C(=O)N[C@H]3C(=O)N[C@H](C(=O)N[C@@H](C(=O)NN(C)C)c4cc(O)cc(O)c4-c4cc3ccc4O)[C@H](O)c3ccc(c(Cl)c3)Oc3cc2cc(c3O[C@@H]2O[C@H](CO)[C@@H](O)[C@H](O)[C@H]2O[C@H]2C[C@](C)(NCCN3CCN(NC(=O)Nc4ccc(OC(F)(F)F)cc4)CC3)[C@H](O)[C@H](C)O2)Oc2ccc(cc2Cl)[C@H]1O. The minimum atomic E-state index is -4.91. The molecule has 0 unspecified atom stereocenters. The van der Waals surface area contributed by atoms with Crippen LogP contribution in [-0.4, -0.2) is 266 Å². The third-order valence-electron chi connectivity index (χ3n) is 22.0. The monoisotopic (exact) mass is 1820 g/mol. The summed E-state index contributed by atoms with van der Waals surface area (Å²) in [6.45, 7) is 7.96. The molecular formula is C82H98Cl2F3N15O25. The lowest BCUT2D eigenvalue weighted by molar-refractivity contribution is -0.334. The van der Waals surface area contributed by atoms with Gasteiger partial charge in [0.2, 0.25) is 53.4 Å². The van der Waals surface area contributed by atoms with E-state index >= 15 is 24.0 Å². The Balaban J connectivity index is 0.961. The van der Waals surface area contributed by atoms with E-state index in [-0.39, 0.29) is 58.5 Å². The Bertz CT molecular complexity index is 5100. The molecule has 18 atom stereocenters. The van der Waals surface area contributed by atoms with Gasteiger partial charge in [-0.3, -0.25) is 54.1 Å². The van der Waals surface area contributed by atoms with E-state index in [0.29, 0.717) is 32.7 Å². The van der Waals surface area contributed by atoms with Crippen LogP contribution in [-0.2, 0) is 52.6 Å². The fourth-order valence-corrected chi connectivity index (χ4v) is 16.0. The fraction of sp³-hybridized carbons (Fsp3) is 0.451. The summed E-state index contributed by atoms with van der Waals surface area (Å²) in [5, 5.41) is 133. The van der Waals surface area contributed by atoms with Gasteiger partial charge in [-0.1, -0.05) is 55.2 Å². The fourth-order valence-electron chi connectivity index (χ4n) is 15.6. The predicted molar refractivity (Wildman–Crippen MR) is 441 cm³/mol. The number of aliphatic hydroxyl groups is 6. The van der Waals surface area contributed by atoms with Crippen LogP contribution < -0.4 is 83.4 Å². The van der Waals surface area contributed by atoms with Crippen LogP contribution in [0.4, 0.5) is 23.7 Å². The van der Waals surface area contributed by atoms with E-state index in [9.17, 15) is 78.3 Å². The molecule has 0 radical (unpaired) electrons. The van der Waals surface area contributed by atoms with E-state index in [2.05, 4.69) is 68.3 Å². The highest BCUT2D eigenvalue weighted by molar-refractivity contribution is 6.32. The Kier molecular flexibility index (Phi) is 29.9. The quantitative estimate of drug-likeness (QED) is 0.0454. The molecule has 8 aliphatic heterocycles. The molecule has 0 saturated carbocycles. The zero-order chi connectivity index (χ0) is 92.1. The van der Waals surface area contributed by atoms with E-state index < -0.39 is 255 Å². The smallest absolute Gasteiger partial charge is 0.508 e. The van der Waals surface area contributed by atoms with Gasteiger partial charge in [0.25, 0.3) is 5.91 Å². The van der Waals surface area contributed by atoms with Crippen molar-refractivity contribution in [1.82, 2.24) is 68.3 Å². The average Bonchev–Trinajstić information content (AvgIpc) is 0.764. The number of nitrogens with one attached hydrogen (secondary N) is 11. The Labute approximate surface area is 733 Å². The van der Waals surface area contributed by atoms with Crippen LogP contribution in [0.2, 0.25) is 10.0 Å². The molecule has 14 rings (SSSR count). The van der Waals surface area contributed by atoms with E-state index in [1.807, 2.05) is 13.8 Å². The summed E-state index contributed by atoms with van der Waals surface area (Å²) < 4.78 is 81.6. The van der Waals surface area contributed by atoms with Gasteiger partial charge in [-0.05, 0) is 140 Å². The summed E-state index contributed by atoms with van der Waals surface area (Å²) in [4.78, 5) is 135. The summed E-state index contributed by atoms with van der Waals surface area (Å²) in [6.07, 6.45) is -24.0. The molecule has 686 valence electrons. The van der Waals surface area contributed by atoms with Crippen LogP contribution in [0.15, 0.2) is 103 Å². The van der Waals surface area contributed by atoms with Crippen molar-refractivity contribution in [2.45, 2.75) is 163 Å². The van der Waals surface area contributed by atoms with Crippen molar-refractivity contribution < 1.29 is 135 Å². The molecule has 0 aliphatic carbocycles. The highest BCUT2D eigenvalue weighted by Gasteiger charge is 2.53. The highest BCUT2D eigenvalue weighted by atomic mass is 35.5. The zero-order valence-electron chi connectivity index (χ0n) is 69.1. The Hall–Kier alpha value is -11.2. The number of aliphatic hydroxyl groups excluding tert-OH is 6. The number of phenolic OH excluding ortho intramolecular Hbond substituents is 3. The Morgan fingerprint density at radius 3 is 1.94 bits per heavy atom. The molecule has 40 nitrogen and oxygen atoms in total. The second-order valence-electron chi connectivity index (χ2n) is 32.1. The molecule has 45 heteroatoms. The number of hydrogen-bond donors (Lipinski definition) is 21. The number of rotatable bonds is 21. The molecule has 0 spiro atoms. The Morgan fingerprint density at radius 1 is 0.717 bits per heavy atom. The van der Waals surface area contributed by atoms with Gasteiger partial charge in [0, 0.05) is 88.2 Å². The van der Waals surface area contributed by atoms with Crippen molar-refractivity contribution in [1.29, 1.82) is 0 Å². The van der Waals surface area contributed by atoms with Gasteiger partial charge in [0.05, 0.1) is 41.3 Å². The number of carbonyl (C=O) groups excluding carboxylic acids is 9. The van der Waals surface area contributed by atoms with Crippen LogP contribution in [0.3, 0.4) is 0 Å². The van der Waals surface area contributed by atoms with Crippen LogP contribution >= 0.6 is 23.2 Å². The molecule has 8 heterocycles. The first kappa shape index (κ1) is 94.9. The number of anilines is 1. The van der Waals surface area contributed by atoms with Crippen molar-refractivity contribution in [3.63, 3.8) is 0 Å². The van der Waals surface area contributed by atoms with E-state index in [1.54, 1.807) is 11.9 Å². The van der Waals surface area contributed by atoms with E-state index in [4.69, 9.17) is 57.4 Å². The number of carbonyl (C=O) groups is 9. The maximum absolute atomic E-state index is 16.3. The molecule has 6 aromatic rings. The standard InChI is InChI=1S/C82H98Cl2F3N15O25/c1-35(2)24-48(89-5)72(113)96-63-65(108)38-9-16-52(46(83)26-38)122-54-28-40-29-55(69(54)126-79-70(68(111)67(110)56(34-103)124-79)125-58-33-81(4,71(112)36(3)121-58)90-18-19-101-20-22-102(23-21-101)99-80(120)91-41-11-13-43(14-12-41)127-82(85,86)87)123-53-17-10-39(27-47(53)84)66(109)64-77(118)95-62(78(119)98-100(6)7)45-30-42(104)31-51(106)59(45)44-25-37(8-15-50(44)105)60(74(115)97-64)94-75(116)61(40)93-73(114)49(32-57(88)107)92-76(63)117/h8-17,25-31,35-36,48-49,56,58,60-68,70-71,79,89-90,103-106,108-112H,18-24,32-34H2,1-7H3,(H2,88,107)(H,92,117)(H,93,114)(H,94,116)(H,95,118)(H,96,113)(H,97,115)(H,98,119)(H2,91,99,120)/t36-,48+,49-,56+,58-,60+,61+,62+,63+,64-,65+,66+,67+,68-,70+,71+,79-,81-/m0/s1. The number of aromatic hydroxyl groups is 3. The van der Waals surface area contributed by atoms with Gasteiger partial charge >= 0.3 is 12.4 Å². The first-order valence-electron chi connectivity index (χ1n) is 40.1. The lowest BCUT2D eigenvalue weighted by atomic mass is 9.85. The molecule has 3 saturated heterocycles. The summed E-state index contributed by atoms with van der Waals surface area (Å²) in [5.41, 5.74) is 7.39. The lowest BCUT2D eigenvalue weighted by Gasteiger charge is -2.48. The van der Waals surface area contributed by atoms with Crippen molar-refractivity contribution >= 4 is 82.2 Å². The molecule has 3 fully saturated rings. The normalized spacial score (nSPS) is 26.9. The second-order valence-corrected chi connectivity index (χ2v) is 32.9. The number of urea groups is 1. The first-order valence-corrected chi connectivity index (χ1v) is 40.9. The number of hydrogen-bond acceptors (Lipinski definition) is 30. The number of ether oxygens (including phenoxy) is 7. The van der Waals surface area contributed by atoms with Gasteiger partial charge in [0.15, 0.2) is 23.9 Å². The number of likely N-dealkylation sites (N-methyl/N-ethyl adjacent to an activating group) is 1. The average molecular weight is 1820 g/mol. The maximum Gasteiger partial charge on any atom is 0.573 e. The summed E-state index contributed by atoms with van der Waals surface area (Å²) in [7, 11) is 4.28. The number of hydrazine groups is 2. The number of phenols is 3. The van der Waals surface area contributed by atoms with E-state index in [0.717, 1.165) is 72.8 Å². The van der Waals surface area contributed by atoms with Gasteiger partial charge in [-0.2, -0.15) is 0 Å². The van der Waals surface area contributed by atoms with Crippen LogP contribution in [0.25, 0.3) is 11.1 Å². The first-order chi connectivity index (χ1) is 60.0. The molecule has 22 N–H and O–H groups in total. The van der Waals surface area contributed by atoms with Crippen LogP contribution in [0, 0.1) is 5.92 Å². The molecular weight excluding hydrogens is 1720 g/mol. The molecule has 127 heavy (non-hydrogen) atoms. The summed E-state index contributed by atoms with van der Waals surface area (Å²) in [6, 6.07) is 3.79. The maximum atomic E-state index is 16.3. The van der Waals surface area contributed by atoms with Crippen molar-refractivity contribution in [3.8, 4) is 62.9 Å². The van der Waals surface area contributed by atoms with Gasteiger partial charge < -0.3 is 133 Å². The number of nitrogens with zero attached hydrogens (tertiary/aromatic N) is 3. The second kappa shape index (κ2) is 40.0. The van der Waals surface area contributed by atoms with Gasteiger partial charge in [-0.15, -0.1) is 13.2 Å². The van der Waals surface area contributed by atoms with E-state index in [1.165, 1.54) is 63.4 Å². The third-order valence-corrected chi connectivity index (χ3v) is 22.6. The molecule has 10 amide bonds.